The Morgan fingerprint density at radius 3 is 2.74 bits per heavy atom. The maximum Gasteiger partial charge on any atom is 0.251 e. The van der Waals surface area contributed by atoms with Crippen molar-refractivity contribution in [1.82, 2.24) is 5.32 Å². The van der Waals surface area contributed by atoms with Gasteiger partial charge in [0.15, 0.2) is 0 Å². The van der Waals surface area contributed by atoms with Crippen LogP contribution >= 0.6 is 0 Å². The van der Waals surface area contributed by atoms with E-state index in [1.807, 2.05) is 0 Å². The van der Waals surface area contributed by atoms with Crippen LogP contribution in [-0.4, -0.2) is 11.9 Å². The molecule has 0 aliphatic heterocycles. The normalized spacial score (nSPS) is 27.1. The Balaban J connectivity index is 2.06. The summed E-state index contributed by atoms with van der Waals surface area (Å²) in [5.41, 5.74) is 1.06. The molecule has 2 nitrogen and oxygen atoms in total. The summed E-state index contributed by atoms with van der Waals surface area (Å²) >= 11 is 0. The van der Waals surface area contributed by atoms with Gasteiger partial charge in [0.1, 0.15) is 5.82 Å². The standard InChI is InChI=1S/C16H22FNO/c1-10-5-4-6-15(12(10)3)18-16(19)13-7-8-14(17)11(2)9-13/h7-10,12,15H,4-6H2,1-3H3,(H,18,19). The molecule has 0 aromatic heterocycles. The van der Waals surface area contributed by atoms with Crippen molar-refractivity contribution in [1.29, 1.82) is 0 Å². The Morgan fingerprint density at radius 2 is 2.05 bits per heavy atom. The molecule has 0 radical (unpaired) electrons. The first-order valence-corrected chi connectivity index (χ1v) is 7.06. The summed E-state index contributed by atoms with van der Waals surface area (Å²) in [4.78, 5) is 12.2. The minimum absolute atomic E-state index is 0.0888. The summed E-state index contributed by atoms with van der Waals surface area (Å²) in [5.74, 6) is 0.790. The van der Waals surface area contributed by atoms with Crippen LogP contribution < -0.4 is 5.32 Å². The van der Waals surface area contributed by atoms with Crippen molar-refractivity contribution < 1.29 is 9.18 Å². The van der Waals surface area contributed by atoms with E-state index in [0.29, 0.717) is 23.0 Å². The van der Waals surface area contributed by atoms with Gasteiger partial charge in [-0.25, -0.2) is 4.39 Å². The summed E-state index contributed by atoms with van der Waals surface area (Å²) in [7, 11) is 0. The smallest absolute Gasteiger partial charge is 0.251 e. The number of hydrogen-bond acceptors (Lipinski definition) is 1. The average molecular weight is 263 g/mol. The number of rotatable bonds is 2. The molecule has 3 heteroatoms. The minimum Gasteiger partial charge on any atom is -0.349 e. The highest BCUT2D eigenvalue weighted by Gasteiger charge is 2.28. The molecule has 0 spiro atoms. The van der Waals surface area contributed by atoms with Crippen molar-refractivity contribution in [2.75, 3.05) is 0 Å². The molecule has 1 aliphatic rings. The quantitative estimate of drug-likeness (QED) is 0.866. The molecule has 0 heterocycles. The van der Waals surface area contributed by atoms with Crippen LogP contribution in [0.3, 0.4) is 0 Å². The highest BCUT2D eigenvalue weighted by Crippen LogP contribution is 2.29. The van der Waals surface area contributed by atoms with Crippen LogP contribution in [0.5, 0.6) is 0 Å². The SMILES string of the molecule is Cc1cc(C(=O)NC2CCCC(C)C2C)ccc1F. The fraction of sp³-hybridized carbons (Fsp3) is 0.562. The topological polar surface area (TPSA) is 29.1 Å². The van der Waals surface area contributed by atoms with Crippen LogP contribution in [0.25, 0.3) is 0 Å². The van der Waals surface area contributed by atoms with Crippen molar-refractivity contribution in [3.63, 3.8) is 0 Å². The van der Waals surface area contributed by atoms with Gasteiger partial charge >= 0.3 is 0 Å². The zero-order valence-corrected chi connectivity index (χ0v) is 11.9. The Labute approximate surface area is 114 Å². The lowest BCUT2D eigenvalue weighted by Crippen LogP contribution is -2.43. The lowest BCUT2D eigenvalue weighted by Gasteiger charge is -2.34. The molecule has 19 heavy (non-hydrogen) atoms. The third-order valence-corrected chi connectivity index (χ3v) is 4.44. The molecule has 104 valence electrons. The molecular formula is C16H22FNO. The zero-order chi connectivity index (χ0) is 14.0. The first-order valence-electron chi connectivity index (χ1n) is 7.06. The van der Waals surface area contributed by atoms with E-state index >= 15 is 0 Å². The van der Waals surface area contributed by atoms with E-state index in [0.717, 1.165) is 6.42 Å². The fourth-order valence-corrected chi connectivity index (χ4v) is 2.82. The van der Waals surface area contributed by atoms with Crippen molar-refractivity contribution in [2.45, 2.75) is 46.1 Å². The summed E-state index contributed by atoms with van der Waals surface area (Å²) in [6.45, 7) is 6.12. The number of carbonyl (C=O) groups is 1. The maximum atomic E-state index is 13.2. The highest BCUT2D eigenvalue weighted by atomic mass is 19.1. The van der Waals surface area contributed by atoms with Crippen LogP contribution in [0, 0.1) is 24.6 Å². The number of aryl methyl sites for hydroxylation is 1. The fourth-order valence-electron chi connectivity index (χ4n) is 2.82. The molecule has 1 saturated carbocycles. The minimum atomic E-state index is -0.267. The van der Waals surface area contributed by atoms with Gasteiger partial charge in [-0.3, -0.25) is 4.79 Å². The predicted molar refractivity (Wildman–Crippen MR) is 74.6 cm³/mol. The van der Waals surface area contributed by atoms with Crippen LogP contribution in [0.15, 0.2) is 18.2 Å². The molecular weight excluding hydrogens is 241 g/mol. The summed E-state index contributed by atoms with van der Waals surface area (Å²) in [6, 6.07) is 4.76. The van der Waals surface area contributed by atoms with Crippen molar-refractivity contribution in [3.8, 4) is 0 Å². The first-order chi connectivity index (χ1) is 8.99. The van der Waals surface area contributed by atoms with E-state index in [1.54, 1.807) is 19.1 Å². The molecule has 3 unspecified atom stereocenters. The Kier molecular flexibility index (Phi) is 4.23. The second kappa shape index (κ2) is 5.72. The second-order valence-corrected chi connectivity index (χ2v) is 5.81. The third-order valence-electron chi connectivity index (χ3n) is 4.44. The number of amides is 1. The molecule has 1 amide bonds. The first kappa shape index (κ1) is 14.0. The van der Waals surface area contributed by atoms with E-state index in [9.17, 15) is 9.18 Å². The average Bonchev–Trinajstić information content (AvgIpc) is 2.38. The van der Waals surface area contributed by atoms with E-state index < -0.39 is 0 Å². The molecule has 1 N–H and O–H groups in total. The Bertz CT molecular complexity index is 472. The van der Waals surface area contributed by atoms with E-state index in [-0.39, 0.29) is 17.8 Å². The lowest BCUT2D eigenvalue weighted by molar-refractivity contribution is 0.0891. The van der Waals surface area contributed by atoms with Crippen LogP contribution in [0.4, 0.5) is 4.39 Å². The number of nitrogens with one attached hydrogen (secondary N) is 1. The van der Waals surface area contributed by atoms with Gasteiger partial charge in [-0.1, -0.05) is 26.7 Å². The molecule has 1 fully saturated rings. The Hall–Kier alpha value is -1.38. The maximum absolute atomic E-state index is 13.2. The molecule has 1 aromatic rings. The van der Waals surface area contributed by atoms with Gasteiger partial charge in [-0.05, 0) is 48.9 Å². The van der Waals surface area contributed by atoms with Gasteiger partial charge in [0.2, 0.25) is 0 Å². The lowest BCUT2D eigenvalue weighted by atomic mass is 9.78. The van der Waals surface area contributed by atoms with Crippen LogP contribution in [-0.2, 0) is 0 Å². The summed E-state index contributed by atoms with van der Waals surface area (Å²) < 4.78 is 13.2. The van der Waals surface area contributed by atoms with Gasteiger partial charge < -0.3 is 5.32 Å². The highest BCUT2D eigenvalue weighted by molar-refractivity contribution is 5.94. The molecule has 2 rings (SSSR count). The van der Waals surface area contributed by atoms with Gasteiger partial charge in [-0.15, -0.1) is 0 Å². The van der Waals surface area contributed by atoms with Crippen molar-refractivity contribution in [2.24, 2.45) is 11.8 Å². The largest absolute Gasteiger partial charge is 0.349 e. The van der Waals surface area contributed by atoms with Crippen LogP contribution in [0.1, 0.15) is 49.0 Å². The summed E-state index contributed by atoms with van der Waals surface area (Å²) in [5, 5.41) is 3.10. The Morgan fingerprint density at radius 1 is 1.32 bits per heavy atom. The summed E-state index contributed by atoms with van der Waals surface area (Å²) in [6.07, 6.45) is 3.44. The number of carbonyl (C=O) groups excluding carboxylic acids is 1. The number of hydrogen-bond donors (Lipinski definition) is 1. The van der Waals surface area contributed by atoms with Gasteiger partial charge in [0.25, 0.3) is 5.91 Å². The van der Waals surface area contributed by atoms with Crippen molar-refractivity contribution >= 4 is 5.91 Å². The second-order valence-electron chi connectivity index (χ2n) is 5.81. The third kappa shape index (κ3) is 3.14. The van der Waals surface area contributed by atoms with Gasteiger partial charge in [-0.2, -0.15) is 0 Å². The van der Waals surface area contributed by atoms with Crippen molar-refractivity contribution in [3.05, 3.63) is 35.1 Å². The predicted octanol–water partition coefficient (Wildman–Crippen LogP) is 3.69. The van der Waals surface area contributed by atoms with Gasteiger partial charge in [0, 0.05) is 11.6 Å². The zero-order valence-electron chi connectivity index (χ0n) is 11.9. The molecule has 0 bridgehead atoms. The van der Waals surface area contributed by atoms with E-state index in [1.165, 1.54) is 18.9 Å². The monoisotopic (exact) mass is 263 g/mol. The molecule has 3 atom stereocenters. The number of benzene rings is 1. The molecule has 0 saturated heterocycles. The molecule has 1 aliphatic carbocycles. The molecule has 1 aromatic carbocycles. The van der Waals surface area contributed by atoms with Crippen LogP contribution in [0.2, 0.25) is 0 Å². The van der Waals surface area contributed by atoms with E-state index in [2.05, 4.69) is 19.2 Å². The van der Waals surface area contributed by atoms with Gasteiger partial charge in [0.05, 0.1) is 0 Å². The van der Waals surface area contributed by atoms with E-state index in [4.69, 9.17) is 0 Å². The number of halogens is 1.